The summed E-state index contributed by atoms with van der Waals surface area (Å²) in [5.41, 5.74) is 4.42. The molecule has 2 N–H and O–H groups in total. The van der Waals surface area contributed by atoms with Gasteiger partial charge in [0, 0.05) is 12.8 Å². The number of rotatable bonds is 8. The molecular formula is C20H22O4. The smallest absolute Gasteiger partial charge is 0.303 e. The Morgan fingerprint density at radius 2 is 1.21 bits per heavy atom. The number of benzene rings is 2. The molecule has 0 atom stereocenters. The van der Waals surface area contributed by atoms with Crippen molar-refractivity contribution in [1.29, 1.82) is 0 Å². The van der Waals surface area contributed by atoms with Gasteiger partial charge >= 0.3 is 11.9 Å². The Balaban J connectivity index is 2.15. The Morgan fingerprint density at radius 3 is 1.62 bits per heavy atom. The lowest BCUT2D eigenvalue weighted by Gasteiger charge is -2.16. The van der Waals surface area contributed by atoms with Crippen LogP contribution in [0.15, 0.2) is 48.5 Å². The lowest BCUT2D eigenvalue weighted by molar-refractivity contribution is -0.137. The van der Waals surface area contributed by atoms with E-state index >= 15 is 0 Å². The SMILES string of the molecule is Cc1ccc(-c2ccc(C(CCC(=O)O)CCC(=O)O)cc2)cc1. The molecule has 0 aliphatic rings. The third kappa shape index (κ3) is 5.23. The van der Waals surface area contributed by atoms with Crippen molar-refractivity contribution in [3.63, 3.8) is 0 Å². The van der Waals surface area contributed by atoms with E-state index in [1.54, 1.807) is 0 Å². The molecule has 0 unspecified atom stereocenters. The molecule has 0 amide bonds. The van der Waals surface area contributed by atoms with Gasteiger partial charge in [-0.1, -0.05) is 54.1 Å². The van der Waals surface area contributed by atoms with Crippen molar-refractivity contribution in [3.8, 4) is 11.1 Å². The zero-order valence-corrected chi connectivity index (χ0v) is 13.7. The molecule has 0 spiro atoms. The standard InChI is InChI=1S/C20H22O4/c1-14-2-4-15(5-3-14)16-6-8-17(9-7-16)18(10-12-19(21)22)11-13-20(23)24/h2-9,18H,10-13H2,1H3,(H,21,22)(H,23,24). The van der Waals surface area contributed by atoms with Gasteiger partial charge in [-0.3, -0.25) is 9.59 Å². The summed E-state index contributed by atoms with van der Waals surface area (Å²) in [6.45, 7) is 2.04. The van der Waals surface area contributed by atoms with Crippen LogP contribution < -0.4 is 0 Å². The summed E-state index contributed by atoms with van der Waals surface area (Å²) in [5.74, 6) is -1.76. The largest absolute Gasteiger partial charge is 0.481 e. The van der Waals surface area contributed by atoms with Crippen molar-refractivity contribution in [1.82, 2.24) is 0 Å². The van der Waals surface area contributed by atoms with E-state index in [9.17, 15) is 9.59 Å². The molecule has 2 aromatic rings. The highest BCUT2D eigenvalue weighted by Gasteiger charge is 2.15. The minimum Gasteiger partial charge on any atom is -0.481 e. The van der Waals surface area contributed by atoms with Crippen LogP contribution in [-0.4, -0.2) is 22.2 Å². The van der Waals surface area contributed by atoms with Gasteiger partial charge in [-0.2, -0.15) is 0 Å². The third-order valence-electron chi connectivity index (χ3n) is 4.18. The zero-order chi connectivity index (χ0) is 17.5. The van der Waals surface area contributed by atoms with E-state index in [0.29, 0.717) is 12.8 Å². The minimum atomic E-state index is -0.855. The highest BCUT2D eigenvalue weighted by atomic mass is 16.4. The average Bonchev–Trinajstić information content (AvgIpc) is 2.55. The quantitative estimate of drug-likeness (QED) is 0.750. The van der Waals surface area contributed by atoms with Crippen LogP contribution >= 0.6 is 0 Å². The van der Waals surface area contributed by atoms with E-state index in [-0.39, 0.29) is 18.8 Å². The number of hydrogen-bond donors (Lipinski definition) is 2. The number of hydrogen-bond acceptors (Lipinski definition) is 2. The van der Waals surface area contributed by atoms with Crippen molar-refractivity contribution in [3.05, 3.63) is 59.7 Å². The molecule has 0 heterocycles. The van der Waals surface area contributed by atoms with E-state index in [0.717, 1.165) is 16.7 Å². The van der Waals surface area contributed by atoms with Gasteiger partial charge in [0.1, 0.15) is 0 Å². The van der Waals surface area contributed by atoms with Crippen molar-refractivity contribution in [2.45, 2.75) is 38.5 Å². The molecular weight excluding hydrogens is 304 g/mol. The van der Waals surface area contributed by atoms with E-state index in [1.807, 2.05) is 31.2 Å². The van der Waals surface area contributed by atoms with Crippen LogP contribution in [0.4, 0.5) is 0 Å². The molecule has 0 bridgehead atoms. The van der Waals surface area contributed by atoms with Gasteiger partial charge in [0.15, 0.2) is 0 Å². The van der Waals surface area contributed by atoms with Crippen LogP contribution in [0.1, 0.15) is 42.7 Å². The first-order chi connectivity index (χ1) is 11.5. The second kappa shape index (κ2) is 8.29. The van der Waals surface area contributed by atoms with Gasteiger partial charge in [-0.05, 0) is 42.4 Å². The van der Waals surface area contributed by atoms with Gasteiger partial charge < -0.3 is 10.2 Å². The van der Waals surface area contributed by atoms with Gasteiger partial charge in [0.25, 0.3) is 0 Å². The molecule has 0 aliphatic heterocycles. The molecule has 4 heteroatoms. The number of aliphatic carboxylic acids is 2. The highest BCUT2D eigenvalue weighted by Crippen LogP contribution is 2.29. The molecule has 0 saturated carbocycles. The number of carbonyl (C=O) groups is 2. The maximum Gasteiger partial charge on any atom is 0.303 e. The first kappa shape index (κ1) is 17.7. The summed E-state index contributed by atoms with van der Waals surface area (Å²) in [7, 11) is 0. The van der Waals surface area contributed by atoms with Crippen molar-refractivity contribution in [2.75, 3.05) is 0 Å². The first-order valence-corrected chi connectivity index (χ1v) is 8.06. The first-order valence-electron chi connectivity index (χ1n) is 8.06. The fourth-order valence-corrected chi connectivity index (χ4v) is 2.77. The van der Waals surface area contributed by atoms with Crippen molar-refractivity contribution in [2.24, 2.45) is 0 Å². The summed E-state index contributed by atoms with van der Waals surface area (Å²) in [6.07, 6.45) is 0.993. The normalized spacial score (nSPS) is 10.8. The summed E-state index contributed by atoms with van der Waals surface area (Å²) in [4.78, 5) is 21.6. The van der Waals surface area contributed by atoms with Crippen LogP contribution in [0.3, 0.4) is 0 Å². The van der Waals surface area contributed by atoms with Crippen LogP contribution in [0.25, 0.3) is 11.1 Å². The summed E-state index contributed by atoms with van der Waals surface area (Å²) in [5, 5.41) is 17.8. The Bertz CT molecular complexity index is 669. The van der Waals surface area contributed by atoms with Crippen LogP contribution in [0, 0.1) is 6.92 Å². The van der Waals surface area contributed by atoms with E-state index in [2.05, 4.69) is 24.3 Å². The van der Waals surface area contributed by atoms with E-state index in [1.165, 1.54) is 5.56 Å². The molecule has 0 saturated heterocycles. The van der Waals surface area contributed by atoms with Crippen molar-refractivity contribution < 1.29 is 19.8 Å². The Kier molecular flexibility index (Phi) is 6.13. The fraction of sp³-hybridized carbons (Fsp3) is 0.300. The van der Waals surface area contributed by atoms with Gasteiger partial charge in [0.05, 0.1) is 0 Å². The van der Waals surface area contributed by atoms with E-state index in [4.69, 9.17) is 10.2 Å². The fourth-order valence-electron chi connectivity index (χ4n) is 2.77. The van der Waals surface area contributed by atoms with Gasteiger partial charge in [0.2, 0.25) is 0 Å². The van der Waals surface area contributed by atoms with Crippen LogP contribution in [-0.2, 0) is 9.59 Å². The predicted octanol–water partition coefficient (Wildman–Crippen LogP) is 4.48. The minimum absolute atomic E-state index is 0.0456. The second-order valence-electron chi connectivity index (χ2n) is 6.05. The molecule has 0 fully saturated rings. The molecule has 0 aliphatic carbocycles. The number of aryl methyl sites for hydroxylation is 1. The zero-order valence-electron chi connectivity index (χ0n) is 13.7. The number of carboxylic acid groups (broad SMARTS) is 2. The predicted molar refractivity (Wildman–Crippen MR) is 93.1 cm³/mol. The summed E-state index contributed by atoms with van der Waals surface area (Å²) < 4.78 is 0. The molecule has 2 aromatic carbocycles. The Morgan fingerprint density at radius 1 is 0.792 bits per heavy atom. The maximum atomic E-state index is 10.8. The molecule has 24 heavy (non-hydrogen) atoms. The molecule has 0 aromatic heterocycles. The molecule has 4 nitrogen and oxygen atoms in total. The second-order valence-corrected chi connectivity index (χ2v) is 6.05. The molecule has 2 rings (SSSR count). The summed E-state index contributed by atoms with van der Waals surface area (Å²) >= 11 is 0. The number of carboxylic acids is 2. The Hall–Kier alpha value is -2.62. The molecule has 126 valence electrons. The maximum absolute atomic E-state index is 10.8. The van der Waals surface area contributed by atoms with Gasteiger partial charge in [-0.15, -0.1) is 0 Å². The lowest BCUT2D eigenvalue weighted by atomic mass is 9.89. The van der Waals surface area contributed by atoms with Gasteiger partial charge in [-0.25, -0.2) is 0 Å². The van der Waals surface area contributed by atoms with E-state index < -0.39 is 11.9 Å². The lowest BCUT2D eigenvalue weighted by Crippen LogP contribution is -2.06. The topological polar surface area (TPSA) is 74.6 Å². The van der Waals surface area contributed by atoms with Crippen LogP contribution in [0.2, 0.25) is 0 Å². The highest BCUT2D eigenvalue weighted by molar-refractivity contribution is 5.68. The summed E-state index contributed by atoms with van der Waals surface area (Å²) in [6, 6.07) is 16.2. The van der Waals surface area contributed by atoms with Crippen LogP contribution in [0.5, 0.6) is 0 Å². The average molecular weight is 326 g/mol. The van der Waals surface area contributed by atoms with Crippen molar-refractivity contribution >= 4 is 11.9 Å². The third-order valence-corrected chi connectivity index (χ3v) is 4.18. The monoisotopic (exact) mass is 326 g/mol. The molecule has 0 radical (unpaired) electrons. The Labute approximate surface area is 141 Å².